The molecule has 1 aromatic carbocycles. The average Bonchev–Trinajstić information content (AvgIpc) is 2.96. The first-order valence-corrected chi connectivity index (χ1v) is 8.43. The van der Waals surface area contributed by atoms with Crippen molar-refractivity contribution in [1.82, 2.24) is 20.3 Å². The van der Waals surface area contributed by atoms with E-state index in [1.165, 1.54) is 10.9 Å². The Labute approximate surface area is 145 Å². The summed E-state index contributed by atoms with van der Waals surface area (Å²) in [6.07, 6.45) is 1.22. The number of carbonyl (C=O) groups is 2. The summed E-state index contributed by atoms with van der Waals surface area (Å²) in [5.74, 6) is -1.41. The van der Waals surface area contributed by atoms with E-state index >= 15 is 0 Å². The number of aromatic nitrogens is 3. The van der Waals surface area contributed by atoms with Crippen LogP contribution in [0.25, 0.3) is 0 Å². The van der Waals surface area contributed by atoms with Gasteiger partial charge in [0.25, 0.3) is 0 Å². The molecule has 1 aromatic heterocycles. The SMILES string of the molecule is CC(CNC(=O)Cn1cc(C(=O)O)nn1)Sc1ccc(Br)cc1. The van der Waals surface area contributed by atoms with Gasteiger partial charge in [0.1, 0.15) is 6.54 Å². The van der Waals surface area contributed by atoms with Crippen LogP contribution in [-0.2, 0) is 11.3 Å². The molecule has 0 bridgehead atoms. The number of rotatable bonds is 7. The molecule has 0 aliphatic heterocycles. The molecule has 0 spiro atoms. The highest BCUT2D eigenvalue weighted by atomic mass is 79.9. The van der Waals surface area contributed by atoms with E-state index in [-0.39, 0.29) is 23.4 Å². The molecular weight excluding hydrogens is 384 g/mol. The number of amides is 1. The first kappa shape index (κ1) is 17.5. The third kappa shape index (κ3) is 5.68. The van der Waals surface area contributed by atoms with E-state index in [1.54, 1.807) is 11.8 Å². The number of nitrogens with one attached hydrogen (secondary N) is 1. The molecule has 0 fully saturated rings. The number of hydrogen-bond acceptors (Lipinski definition) is 5. The zero-order chi connectivity index (χ0) is 16.8. The predicted octanol–water partition coefficient (Wildman–Crippen LogP) is 2.04. The second kappa shape index (κ2) is 8.11. The van der Waals surface area contributed by atoms with Gasteiger partial charge in [-0.3, -0.25) is 4.79 Å². The van der Waals surface area contributed by atoms with Crippen LogP contribution < -0.4 is 5.32 Å². The van der Waals surface area contributed by atoms with Crippen molar-refractivity contribution in [3.63, 3.8) is 0 Å². The first-order valence-electron chi connectivity index (χ1n) is 6.76. The smallest absolute Gasteiger partial charge is 0.358 e. The van der Waals surface area contributed by atoms with Crippen LogP contribution in [0.5, 0.6) is 0 Å². The highest BCUT2D eigenvalue weighted by molar-refractivity contribution is 9.10. The Bertz CT molecular complexity index is 690. The maximum atomic E-state index is 11.8. The van der Waals surface area contributed by atoms with E-state index in [4.69, 9.17) is 5.11 Å². The summed E-state index contributed by atoms with van der Waals surface area (Å²) in [5, 5.41) is 18.8. The lowest BCUT2D eigenvalue weighted by molar-refractivity contribution is -0.121. The van der Waals surface area contributed by atoms with Crippen LogP contribution in [0.15, 0.2) is 39.8 Å². The molecule has 2 N–H and O–H groups in total. The molecule has 7 nitrogen and oxygen atoms in total. The molecule has 0 radical (unpaired) electrons. The number of carboxylic acids is 1. The van der Waals surface area contributed by atoms with E-state index < -0.39 is 5.97 Å². The fourth-order valence-electron chi connectivity index (χ4n) is 1.72. The summed E-state index contributed by atoms with van der Waals surface area (Å²) in [6.45, 7) is 2.46. The minimum absolute atomic E-state index is 0.0596. The fourth-order valence-corrected chi connectivity index (χ4v) is 2.91. The largest absolute Gasteiger partial charge is 0.476 e. The highest BCUT2D eigenvalue weighted by Crippen LogP contribution is 2.24. The van der Waals surface area contributed by atoms with Crippen molar-refractivity contribution in [2.45, 2.75) is 23.6 Å². The number of aromatic carboxylic acids is 1. The van der Waals surface area contributed by atoms with Crippen molar-refractivity contribution in [3.05, 3.63) is 40.6 Å². The quantitative estimate of drug-likeness (QED) is 0.692. The maximum absolute atomic E-state index is 11.8. The molecule has 122 valence electrons. The molecule has 1 amide bonds. The molecule has 9 heteroatoms. The van der Waals surface area contributed by atoms with Gasteiger partial charge in [0, 0.05) is 21.2 Å². The van der Waals surface area contributed by atoms with Gasteiger partial charge in [0.15, 0.2) is 5.69 Å². The lowest BCUT2D eigenvalue weighted by Crippen LogP contribution is -2.32. The van der Waals surface area contributed by atoms with Crippen LogP contribution in [0.1, 0.15) is 17.4 Å². The molecule has 23 heavy (non-hydrogen) atoms. The van der Waals surface area contributed by atoms with Gasteiger partial charge in [-0.2, -0.15) is 0 Å². The average molecular weight is 399 g/mol. The zero-order valence-electron chi connectivity index (χ0n) is 12.3. The van der Waals surface area contributed by atoms with Crippen molar-refractivity contribution in [2.75, 3.05) is 6.54 Å². The van der Waals surface area contributed by atoms with Gasteiger partial charge < -0.3 is 10.4 Å². The van der Waals surface area contributed by atoms with E-state index in [0.29, 0.717) is 6.54 Å². The van der Waals surface area contributed by atoms with Crippen LogP contribution in [-0.4, -0.2) is 43.8 Å². The number of halogens is 1. The summed E-state index contributed by atoms with van der Waals surface area (Å²) in [5.41, 5.74) is -0.183. The molecule has 1 heterocycles. The van der Waals surface area contributed by atoms with Gasteiger partial charge in [0.05, 0.1) is 6.20 Å². The highest BCUT2D eigenvalue weighted by Gasteiger charge is 2.11. The summed E-state index contributed by atoms with van der Waals surface area (Å²) < 4.78 is 2.22. The van der Waals surface area contributed by atoms with Gasteiger partial charge in [-0.1, -0.05) is 28.1 Å². The van der Waals surface area contributed by atoms with E-state index in [9.17, 15) is 9.59 Å². The lowest BCUT2D eigenvalue weighted by Gasteiger charge is -2.12. The molecular formula is C14H15BrN4O3S. The van der Waals surface area contributed by atoms with Gasteiger partial charge >= 0.3 is 5.97 Å². The van der Waals surface area contributed by atoms with E-state index in [1.807, 2.05) is 31.2 Å². The molecule has 2 aromatic rings. The number of hydrogen-bond donors (Lipinski definition) is 2. The number of carbonyl (C=O) groups excluding carboxylic acids is 1. The van der Waals surface area contributed by atoms with Crippen LogP contribution in [0.4, 0.5) is 0 Å². The molecule has 0 aliphatic rings. The van der Waals surface area contributed by atoms with Crippen LogP contribution in [0.3, 0.4) is 0 Å². The Balaban J connectivity index is 1.76. The molecule has 0 aliphatic carbocycles. The summed E-state index contributed by atoms with van der Waals surface area (Å²) in [4.78, 5) is 23.6. The van der Waals surface area contributed by atoms with Crippen LogP contribution >= 0.6 is 27.7 Å². The standard InChI is InChI=1S/C14H15BrN4O3S/c1-9(23-11-4-2-10(15)3-5-11)6-16-13(20)8-19-7-12(14(21)22)17-18-19/h2-5,7,9H,6,8H2,1H3,(H,16,20)(H,21,22). The Morgan fingerprint density at radius 2 is 2.09 bits per heavy atom. The normalized spacial score (nSPS) is 11.9. The van der Waals surface area contributed by atoms with Crippen molar-refractivity contribution in [1.29, 1.82) is 0 Å². The second-order valence-corrected chi connectivity index (χ2v) is 7.22. The molecule has 0 saturated heterocycles. The lowest BCUT2D eigenvalue weighted by atomic mass is 10.4. The van der Waals surface area contributed by atoms with E-state index in [2.05, 4.69) is 31.6 Å². The van der Waals surface area contributed by atoms with Gasteiger partial charge in [-0.05, 0) is 24.3 Å². The number of nitrogens with zero attached hydrogens (tertiary/aromatic N) is 3. The predicted molar refractivity (Wildman–Crippen MR) is 89.5 cm³/mol. The van der Waals surface area contributed by atoms with Gasteiger partial charge in [-0.15, -0.1) is 16.9 Å². The molecule has 1 unspecified atom stereocenters. The van der Waals surface area contributed by atoms with Crippen LogP contribution in [0.2, 0.25) is 0 Å². The third-order valence-electron chi connectivity index (χ3n) is 2.80. The minimum Gasteiger partial charge on any atom is -0.476 e. The topological polar surface area (TPSA) is 97.1 Å². The van der Waals surface area contributed by atoms with Crippen molar-refractivity contribution >= 4 is 39.6 Å². The van der Waals surface area contributed by atoms with Crippen molar-refractivity contribution < 1.29 is 14.7 Å². The summed E-state index contributed by atoms with van der Waals surface area (Å²) in [7, 11) is 0. The van der Waals surface area contributed by atoms with Crippen molar-refractivity contribution in [3.8, 4) is 0 Å². The number of thioether (sulfide) groups is 1. The number of carboxylic acid groups (broad SMARTS) is 1. The summed E-state index contributed by atoms with van der Waals surface area (Å²) in [6, 6.07) is 7.96. The molecule has 1 atom stereocenters. The Hall–Kier alpha value is -1.87. The molecule has 2 rings (SSSR count). The summed E-state index contributed by atoms with van der Waals surface area (Å²) >= 11 is 5.05. The van der Waals surface area contributed by atoms with Crippen LogP contribution in [0, 0.1) is 0 Å². The third-order valence-corrected chi connectivity index (χ3v) is 4.44. The fraction of sp³-hybridized carbons (Fsp3) is 0.286. The monoisotopic (exact) mass is 398 g/mol. The Kier molecular flexibility index (Phi) is 6.17. The zero-order valence-corrected chi connectivity index (χ0v) is 14.7. The van der Waals surface area contributed by atoms with Crippen molar-refractivity contribution in [2.24, 2.45) is 0 Å². The maximum Gasteiger partial charge on any atom is 0.358 e. The first-order chi connectivity index (χ1) is 10.9. The van der Waals surface area contributed by atoms with Gasteiger partial charge in [0.2, 0.25) is 5.91 Å². The van der Waals surface area contributed by atoms with E-state index in [0.717, 1.165) is 9.37 Å². The Morgan fingerprint density at radius 1 is 1.39 bits per heavy atom. The molecule has 0 saturated carbocycles. The second-order valence-electron chi connectivity index (χ2n) is 4.79. The minimum atomic E-state index is -1.17. The van der Waals surface area contributed by atoms with Gasteiger partial charge in [-0.25, -0.2) is 9.48 Å². The number of benzene rings is 1. The Morgan fingerprint density at radius 3 is 2.70 bits per heavy atom.